The minimum atomic E-state index is -4.15. The molecule has 1 aromatic heterocycles. The Morgan fingerprint density at radius 2 is 1.51 bits per heavy atom. The number of anilines is 3. The monoisotopic (exact) mass is 586 g/mol. The molecule has 0 saturated heterocycles. The van der Waals surface area contributed by atoms with Crippen LogP contribution in [-0.4, -0.2) is 41.4 Å². The van der Waals surface area contributed by atoms with Gasteiger partial charge in [-0.15, -0.1) is 0 Å². The van der Waals surface area contributed by atoms with Gasteiger partial charge >= 0.3 is 0 Å². The number of nitrogens with zero attached hydrogens (tertiary/aromatic N) is 2. The summed E-state index contributed by atoms with van der Waals surface area (Å²) in [5.41, 5.74) is 0.807. The van der Waals surface area contributed by atoms with Crippen LogP contribution in [-0.2, 0) is 24.8 Å². The Hall–Kier alpha value is -4.13. The molecule has 0 atom stereocenters. The van der Waals surface area contributed by atoms with Gasteiger partial charge < -0.3 is 10.1 Å². The van der Waals surface area contributed by atoms with Crippen LogP contribution in [0.15, 0.2) is 107 Å². The fourth-order valence-electron chi connectivity index (χ4n) is 3.48. The Kier molecular flexibility index (Phi) is 8.38. The van der Waals surface area contributed by atoms with Gasteiger partial charge in [-0.3, -0.25) is 18.8 Å². The highest BCUT2D eigenvalue weighted by molar-refractivity contribution is 7.93. The molecule has 4 rings (SSSR count). The number of sulfonamides is 2. The molecule has 0 aliphatic carbocycles. The number of hydrogen-bond acceptors (Lipinski definition) is 7. The summed E-state index contributed by atoms with van der Waals surface area (Å²) in [7, 11) is -6.57. The van der Waals surface area contributed by atoms with E-state index in [4.69, 9.17) is 16.3 Å². The number of carbonyl (C=O) groups excluding carboxylic acids is 1. The van der Waals surface area contributed by atoms with Gasteiger partial charge in [-0.05, 0) is 84.9 Å². The van der Waals surface area contributed by atoms with Gasteiger partial charge in [-0.1, -0.05) is 11.6 Å². The summed E-state index contributed by atoms with van der Waals surface area (Å²) in [4.78, 5) is 16.8. The van der Waals surface area contributed by atoms with Crippen LogP contribution < -0.4 is 19.1 Å². The number of rotatable bonds is 10. The lowest BCUT2D eigenvalue weighted by molar-refractivity contribution is -0.114. The summed E-state index contributed by atoms with van der Waals surface area (Å²) >= 11 is 5.97. The van der Waals surface area contributed by atoms with Crippen molar-refractivity contribution in [1.29, 1.82) is 0 Å². The third-order valence-corrected chi connectivity index (χ3v) is 8.85. The van der Waals surface area contributed by atoms with E-state index in [0.29, 0.717) is 16.5 Å². The number of carbonyl (C=O) groups is 1. The zero-order chi connectivity index (χ0) is 28.0. The number of nitrogens with one attached hydrogen (secondary N) is 2. The maximum Gasteiger partial charge on any atom is 0.264 e. The maximum atomic E-state index is 13.5. The third kappa shape index (κ3) is 6.85. The molecule has 39 heavy (non-hydrogen) atoms. The lowest BCUT2D eigenvalue weighted by atomic mass is 10.3. The van der Waals surface area contributed by atoms with Gasteiger partial charge in [-0.2, -0.15) is 0 Å². The van der Waals surface area contributed by atoms with Gasteiger partial charge in [0.1, 0.15) is 12.3 Å². The molecular formula is C26H23ClN4O6S2. The standard InChI is InChI=1S/C26H23ClN4O6S2/c1-37-23-10-14-25(15-11-23)39(35,36)31(22-8-4-19(27)5-9-22)18-26(32)29-20-6-12-24(13-7-20)38(33,34)30-21-3-2-16-28-17-21/h2-17,30H,18H2,1H3,(H,29,32). The number of aromatic nitrogens is 1. The minimum absolute atomic E-state index is 0.0331. The molecule has 0 aliphatic rings. The molecule has 202 valence electrons. The molecule has 0 aliphatic heterocycles. The Morgan fingerprint density at radius 3 is 2.10 bits per heavy atom. The van der Waals surface area contributed by atoms with Crippen molar-refractivity contribution in [3.05, 3.63) is 102 Å². The molecule has 10 nitrogen and oxygen atoms in total. The molecule has 0 spiro atoms. The number of hydrogen-bond donors (Lipinski definition) is 2. The molecule has 1 amide bonds. The second kappa shape index (κ2) is 11.7. The van der Waals surface area contributed by atoms with E-state index in [1.807, 2.05) is 0 Å². The third-order valence-electron chi connectivity index (χ3n) is 5.41. The predicted octanol–water partition coefficient (Wildman–Crippen LogP) is 4.38. The van der Waals surface area contributed by atoms with Crippen LogP contribution in [0.2, 0.25) is 5.02 Å². The summed E-state index contributed by atoms with van der Waals surface area (Å²) in [6, 6.07) is 20.4. The summed E-state index contributed by atoms with van der Waals surface area (Å²) in [6.07, 6.45) is 2.89. The van der Waals surface area contributed by atoms with Gasteiger partial charge in [0.05, 0.1) is 34.5 Å². The average Bonchev–Trinajstić information content (AvgIpc) is 2.93. The summed E-state index contributed by atoms with van der Waals surface area (Å²) in [5.74, 6) is -0.169. The Bertz CT molecular complexity index is 1650. The van der Waals surface area contributed by atoms with Crippen molar-refractivity contribution in [3.8, 4) is 5.75 Å². The predicted molar refractivity (Wildman–Crippen MR) is 149 cm³/mol. The van der Waals surface area contributed by atoms with Crippen LogP contribution in [0.25, 0.3) is 0 Å². The number of amides is 1. The van der Waals surface area contributed by atoms with Gasteiger partial charge in [0.25, 0.3) is 20.0 Å². The van der Waals surface area contributed by atoms with E-state index in [9.17, 15) is 21.6 Å². The first-order valence-electron chi connectivity index (χ1n) is 11.3. The van der Waals surface area contributed by atoms with E-state index in [0.717, 1.165) is 4.31 Å². The molecule has 1 heterocycles. The van der Waals surface area contributed by atoms with E-state index < -0.39 is 32.5 Å². The Morgan fingerprint density at radius 1 is 0.872 bits per heavy atom. The Labute approximate surface area is 231 Å². The van der Waals surface area contributed by atoms with Crippen molar-refractivity contribution in [2.75, 3.05) is 28.0 Å². The highest BCUT2D eigenvalue weighted by Crippen LogP contribution is 2.27. The van der Waals surface area contributed by atoms with Crippen LogP contribution in [0.5, 0.6) is 5.75 Å². The molecule has 2 N–H and O–H groups in total. The highest BCUT2D eigenvalue weighted by Gasteiger charge is 2.27. The highest BCUT2D eigenvalue weighted by atomic mass is 35.5. The number of halogens is 1. The van der Waals surface area contributed by atoms with E-state index in [-0.39, 0.29) is 21.2 Å². The summed E-state index contributed by atoms with van der Waals surface area (Å²) < 4.78 is 60.7. The Balaban J connectivity index is 1.53. The van der Waals surface area contributed by atoms with Crippen LogP contribution in [0.4, 0.5) is 17.1 Å². The molecule has 4 aromatic rings. The quantitative estimate of drug-likeness (QED) is 0.281. The van der Waals surface area contributed by atoms with Crippen molar-refractivity contribution in [3.63, 3.8) is 0 Å². The summed E-state index contributed by atoms with van der Waals surface area (Å²) in [6.45, 7) is -0.557. The molecule has 0 saturated carbocycles. The van der Waals surface area contributed by atoms with Gasteiger partial charge in [-0.25, -0.2) is 16.8 Å². The largest absolute Gasteiger partial charge is 0.497 e. The molecular weight excluding hydrogens is 564 g/mol. The van der Waals surface area contributed by atoms with Crippen molar-refractivity contribution >= 4 is 54.6 Å². The van der Waals surface area contributed by atoms with Crippen LogP contribution in [0.1, 0.15) is 0 Å². The zero-order valence-electron chi connectivity index (χ0n) is 20.5. The zero-order valence-corrected chi connectivity index (χ0v) is 22.9. The first-order chi connectivity index (χ1) is 18.6. The van der Waals surface area contributed by atoms with Gasteiger partial charge in [0.15, 0.2) is 0 Å². The van der Waals surface area contributed by atoms with E-state index in [1.165, 1.54) is 92.3 Å². The smallest absolute Gasteiger partial charge is 0.264 e. The first kappa shape index (κ1) is 27.9. The molecule has 0 bridgehead atoms. The lowest BCUT2D eigenvalue weighted by Gasteiger charge is -2.24. The van der Waals surface area contributed by atoms with Crippen LogP contribution in [0.3, 0.4) is 0 Å². The average molecular weight is 587 g/mol. The molecule has 0 fully saturated rings. The first-order valence-corrected chi connectivity index (χ1v) is 14.6. The minimum Gasteiger partial charge on any atom is -0.497 e. The normalized spacial score (nSPS) is 11.4. The maximum absolute atomic E-state index is 13.5. The number of pyridine rings is 1. The second-order valence-electron chi connectivity index (χ2n) is 8.08. The SMILES string of the molecule is COc1ccc(S(=O)(=O)N(CC(=O)Nc2ccc(S(=O)(=O)Nc3cccnc3)cc2)c2ccc(Cl)cc2)cc1. The lowest BCUT2D eigenvalue weighted by Crippen LogP contribution is -2.38. The van der Waals surface area contributed by atoms with E-state index >= 15 is 0 Å². The van der Waals surface area contributed by atoms with Crippen LogP contribution in [0, 0.1) is 0 Å². The summed E-state index contributed by atoms with van der Waals surface area (Å²) in [5, 5.41) is 3.01. The van der Waals surface area contributed by atoms with Gasteiger partial charge in [0, 0.05) is 16.9 Å². The molecule has 13 heteroatoms. The number of benzene rings is 3. The van der Waals surface area contributed by atoms with Crippen molar-refractivity contribution < 1.29 is 26.4 Å². The molecule has 0 radical (unpaired) electrons. The fourth-order valence-corrected chi connectivity index (χ4v) is 6.07. The van der Waals surface area contributed by atoms with Gasteiger partial charge in [0.2, 0.25) is 5.91 Å². The molecule has 0 unspecified atom stereocenters. The van der Waals surface area contributed by atoms with Crippen molar-refractivity contribution in [1.82, 2.24) is 4.98 Å². The second-order valence-corrected chi connectivity index (χ2v) is 12.1. The fraction of sp³-hybridized carbons (Fsp3) is 0.0769. The topological polar surface area (TPSA) is 135 Å². The van der Waals surface area contributed by atoms with Crippen molar-refractivity contribution in [2.45, 2.75) is 9.79 Å². The van der Waals surface area contributed by atoms with E-state index in [1.54, 1.807) is 12.1 Å². The van der Waals surface area contributed by atoms with Crippen molar-refractivity contribution in [2.24, 2.45) is 0 Å². The van der Waals surface area contributed by atoms with Crippen LogP contribution >= 0.6 is 11.6 Å². The molecule has 3 aromatic carbocycles. The number of methoxy groups -OCH3 is 1. The number of ether oxygens (including phenoxy) is 1. The van der Waals surface area contributed by atoms with E-state index in [2.05, 4.69) is 15.0 Å².